The van der Waals surface area contributed by atoms with Crippen LogP contribution in [-0.4, -0.2) is 20.2 Å². The predicted octanol–water partition coefficient (Wildman–Crippen LogP) is 4.19. The Morgan fingerprint density at radius 1 is 1.11 bits per heavy atom. The molecule has 1 rings (SSSR count). The summed E-state index contributed by atoms with van der Waals surface area (Å²) in [7, 11) is 3.81. The summed E-state index contributed by atoms with van der Waals surface area (Å²) >= 11 is 0. The molecule has 19 heavy (non-hydrogen) atoms. The van der Waals surface area contributed by atoms with E-state index < -0.39 is 0 Å². The molecule has 0 spiro atoms. The maximum absolute atomic E-state index is 5.42. The Hall–Kier alpha value is -1.02. The minimum absolute atomic E-state index is 0.554. The molecule has 1 unspecified atom stereocenters. The van der Waals surface area contributed by atoms with Gasteiger partial charge in [-0.1, -0.05) is 57.2 Å². The summed E-state index contributed by atoms with van der Waals surface area (Å²) in [5.41, 5.74) is 1.30. The van der Waals surface area contributed by atoms with Crippen LogP contribution in [0.15, 0.2) is 24.3 Å². The second kappa shape index (κ2) is 9.85. The Bertz CT molecular complexity index is 338. The lowest BCUT2D eigenvalue weighted by Crippen LogP contribution is -2.27. The van der Waals surface area contributed by atoms with Crippen LogP contribution in [-0.2, 0) is 6.42 Å². The van der Waals surface area contributed by atoms with Crippen molar-refractivity contribution < 1.29 is 4.74 Å². The number of hydrogen-bond acceptors (Lipinski definition) is 2. The molecule has 108 valence electrons. The van der Waals surface area contributed by atoms with Crippen LogP contribution in [0.2, 0.25) is 0 Å². The number of benzene rings is 1. The quantitative estimate of drug-likeness (QED) is 0.639. The minimum Gasteiger partial charge on any atom is -0.496 e. The molecule has 0 heterocycles. The number of methoxy groups -OCH3 is 1. The average molecular weight is 263 g/mol. The van der Waals surface area contributed by atoms with Crippen molar-refractivity contribution in [3.05, 3.63) is 29.8 Å². The highest BCUT2D eigenvalue weighted by atomic mass is 16.5. The summed E-state index contributed by atoms with van der Waals surface area (Å²) in [6, 6.07) is 8.88. The molecule has 1 atom stereocenters. The van der Waals surface area contributed by atoms with Crippen LogP contribution in [0.3, 0.4) is 0 Å². The zero-order valence-corrected chi connectivity index (χ0v) is 12.7. The van der Waals surface area contributed by atoms with E-state index in [4.69, 9.17) is 4.74 Å². The SMILES string of the molecule is CCCCCCCC(Cc1ccccc1OC)NC. The standard InChI is InChI=1S/C17H29NO/c1-4-5-6-7-8-12-16(18-2)14-15-11-9-10-13-17(15)19-3/h9-11,13,16,18H,4-8,12,14H2,1-3H3. The van der Waals surface area contributed by atoms with Gasteiger partial charge < -0.3 is 10.1 Å². The first kappa shape index (κ1) is 16.0. The Kier molecular flexibility index (Phi) is 8.31. The fourth-order valence-electron chi connectivity index (χ4n) is 2.48. The summed E-state index contributed by atoms with van der Waals surface area (Å²) < 4.78 is 5.42. The van der Waals surface area contributed by atoms with Crippen molar-refractivity contribution in [3.8, 4) is 5.75 Å². The van der Waals surface area contributed by atoms with Crippen LogP contribution in [0.4, 0.5) is 0 Å². The summed E-state index contributed by atoms with van der Waals surface area (Å²) in [6.07, 6.45) is 9.04. The first-order valence-electron chi connectivity index (χ1n) is 7.61. The van der Waals surface area contributed by atoms with Gasteiger partial charge in [-0.05, 0) is 31.5 Å². The molecule has 1 aromatic rings. The van der Waals surface area contributed by atoms with E-state index in [0.29, 0.717) is 6.04 Å². The molecule has 0 aromatic heterocycles. The van der Waals surface area contributed by atoms with Crippen LogP contribution in [0.25, 0.3) is 0 Å². The second-order valence-electron chi connectivity index (χ2n) is 5.20. The van der Waals surface area contributed by atoms with E-state index >= 15 is 0 Å². The molecule has 0 aliphatic carbocycles. The molecule has 0 radical (unpaired) electrons. The van der Waals surface area contributed by atoms with E-state index in [1.54, 1.807) is 7.11 Å². The van der Waals surface area contributed by atoms with Gasteiger partial charge >= 0.3 is 0 Å². The number of hydrogen-bond donors (Lipinski definition) is 1. The van der Waals surface area contributed by atoms with Crippen molar-refractivity contribution >= 4 is 0 Å². The normalized spacial score (nSPS) is 12.4. The maximum atomic E-state index is 5.42. The topological polar surface area (TPSA) is 21.3 Å². The van der Waals surface area contributed by atoms with Crippen LogP contribution in [0.1, 0.15) is 51.0 Å². The zero-order chi connectivity index (χ0) is 13.9. The molecule has 2 heteroatoms. The van der Waals surface area contributed by atoms with E-state index in [1.165, 1.54) is 44.1 Å². The van der Waals surface area contributed by atoms with Gasteiger partial charge in [-0.15, -0.1) is 0 Å². The van der Waals surface area contributed by atoms with Crippen molar-refractivity contribution in [3.63, 3.8) is 0 Å². The number of likely N-dealkylation sites (N-methyl/N-ethyl adjacent to an activating group) is 1. The predicted molar refractivity (Wildman–Crippen MR) is 82.9 cm³/mol. The van der Waals surface area contributed by atoms with Crippen LogP contribution < -0.4 is 10.1 Å². The van der Waals surface area contributed by atoms with Gasteiger partial charge in [-0.25, -0.2) is 0 Å². The molecule has 0 saturated heterocycles. The lowest BCUT2D eigenvalue weighted by Gasteiger charge is -2.17. The van der Waals surface area contributed by atoms with Gasteiger partial charge in [-0.3, -0.25) is 0 Å². The van der Waals surface area contributed by atoms with E-state index in [1.807, 2.05) is 12.1 Å². The Balaban J connectivity index is 2.38. The third-order valence-electron chi connectivity index (χ3n) is 3.72. The molecule has 2 nitrogen and oxygen atoms in total. The monoisotopic (exact) mass is 263 g/mol. The molecule has 0 aliphatic heterocycles. The lowest BCUT2D eigenvalue weighted by atomic mass is 9.99. The van der Waals surface area contributed by atoms with Crippen LogP contribution in [0, 0.1) is 0 Å². The van der Waals surface area contributed by atoms with Crippen LogP contribution in [0.5, 0.6) is 5.75 Å². The highest BCUT2D eigenvalue weighted by Crippen LogP contribution is 2.20. The average Bonchev–Trinajstić information content (AvgIpc) is 2.46. The number of unbranched alkanes of at least 4 members (excludes halogenated alkanes) is 4. The first-order valence-corrected chi connectivity index (χ1v) is 7.61. The van der Waals surface area contributed by atoms with Crippen molar-refractivity contribution in [2.75, 3.05) is 14.2 Å². The highest BCUT2D eigenvalue weighted by Gasteiger charge is 2.10. The second-order valence-corrected chi connectivity index (χ2v) is 5.20. The van der Waals surface area contributed by atoms with Crippen molar-refractivity contribution in [1.82, 2.24) is 5.32 Å². The maximum Gasteiger partial charge on any atom is 0.122 e. The molecule has 1 N–H and O–H groups in total. The molecule has 1 aromatic carbocycles. The Morgan fingerprint density at radius 2 is 1.84 bits per heavy atom. The Morgan fingerprint density at radius 3 is 2.53 bits per heavy atom. The molecule has 0 fully saturated rings. The summed E-state index contributed by atoms with van der Waals surface area (Å²) in [5.74, 6) is 1.01. The highest BCUT2D eigenvalue weighted by molar-refractivity contribution is 5.33. The summed E-state index contributed by atoms with van der Waals surface area (Å²) in [4.78, 5) is 0. The summed E-state index contributed by atoms with van der Waals surface area (Å²) in [6.45, 7) is 2.26. The number of rotatable bonds is 10. The fourth-order valence-corrected chi connectivity index (χ4v) is 2.48. The molecule has 0 saturated carbocycles. The third kappa shape index (κ3) is 6.11. The number of para-hydroxylation sites is 1. The van der Waals surface area contributed by atoms with E-state index in [2.05, 4.69) is 31.4 Å². The molecular formula is C17H29NO. The van der Waals surface area contributed by atoms with Gasteiger partial charge in [0.1, 0.15) is 5.75 Å². The lowest BCUT2D eigenvalue weighted by molar-refractivity contribution is 0.403. The van der Waals surface area contributed by atoms with Gasteiger partial charge in [0, 0.05) is 6.04 Å². The molecule has 0 bridgehead atoms. The fraction of sp³-hybridized carbons (Fsp3) is 0.647. The number of nitrogens with one attached hydrogen (secondary N) is 1. The van der Waals surface area contributed by atoms with Gasteiger partial charge in [0.15, 0.2) is 0 Å². The van der Waals surface area contributed by atoms with Gasteiger partial charge in [0.05, 0.1) is 7.11 Å². The van der Waals surface area contributed by atoms with Gasteiger partial charge in [0.2, 0.25) is 0 Å². The summed E-state index contributed by atoms with van der Waals surface area (Å²) in [5, 5.41) is 3.44. The zero-order valence-electron chi connectivity index (χ0n) is 12.7. The smallest absolute Gasteiger partial charge is 0.122 e. The van der Waals surface area contributed by atoms with Crippen LogP contribution >= 0.6 is 0 Å². The van der Waals surface area contributed by atoms with E-state index in [9.17, 15) is 0 Å². The number of ether oxygens (including phenoxy) is 1. The third-order valence-corrected chi connectivity index (χ3v) is 3.72. The Labute approximate surface area is 118 Å². The molecule has 0 aliphatic rings. The molecule has 0 amide bonds. The van der Waals surface area contributed by atoms with Gasteiger partial charge in [0.25, 0.3) is 0 Å². The molecular weight excluding hydrogens is 234 g/mol. The van der Waals surface area contributed by atoms with Crippen molar-refractivity contribution in [2.45, 2.75) is 57.9 Å². The van der Waals surface area contributed by atoms with E-state index in [-0.39, 0.29) is 0 Å². The van der Waals surface area contributed by atoms with Crippen molar-refractivity contribution in [1.29, 1.82) is 0 Å². The van der Waals surface area contributed by atoms with Crippen molar-refractivity contribution in [2.24, 2.45) is 0 Å². The first-order chi connectivity index (χ1) is 9.31. The minimum atomic E-state index is 0.554. The van der Waals surface area contributed by atoms with Gasteiger partial charge in [-0.2, -0.15) is 0 Å². The van der Waals surface area contributed by atoms with E-state index in [0.717, 1.165) is 12.2 Å². The largest absolute Gasteiger partial charge is 0.496 e.